The minimum atomic E-state index is 0.582. The first-order valence-corrected chi connectivity index (χ1v) is 6.44. The highest BCUT2D eigenvalue weighted by molar-refractivity contribution is 5.55. The van der Waals surface area contributed by atoms with E-state index >= 15 is 0 Å². The maximum Gasteiger partial charge on any atom is 0.182 e. The molecule has 3 heterocycles. The van der Waals surface area contributed by atoms with E-state index in [4.69, 9.17) is 0 Å². The molecule has 3 rings (SSSR count). The van der Waals surface area contributed by atoms with Crippen LogP contribution >= 0.6 is 0 Å². The highest BCUT2D eigenvalue weighted by atomic mass is 15.1. The largest absolute Gasteiger partial charge is 0.253 e. The van der Waals surface area contributed by atoms with Crippen LogP contribution in [-0.4, -0.2) is 24.9 Å². The zero-order chi connectivity index (χ0) is 13.8. The molecule has 0 radical (unpaired) electrons. The Morgan fingerprint density at radius 2 is 1.30 bits per heavy atom. The maximum absolute atomic E-state index is 4.47. The minimum Gasteiger partial charge on any atom is -0.253 e. The van der Waals surface area contributed by atoms with Crippen molar-refractivity contribution in [3.8, 4) is 23.0 Å². The summed E-state index contributed by atoms with van der Waals surface area (Å²) in [6.07, 6.45) is 4.19. The fourth-order valence-corrected chi connectivity index (χ4v) is 1.80. The molecular weight excluding hydrogens is 250 g/mol. The first-order valence-electron chi connectivity index (χ1n) is 6.44. The van der Waals surface area contributed by atoms with E-state index in [2.05, 4.69) is 24.9 Å². The SMILES string of the molecule is CCc1nc(-c2ccccn2)nc(-c2ccccn2)n1. The fourth-order valence-electron chi connectivity index (χ4n) is 1.80. The molecule has 0 aliphatic heterocycles. The second-order valence-corrected chi connectivity index (χ2v) is 4.18. The topological polar surface area (TPSA) is 64.5 Å². The normalized spacial score (nSPS) is 10.4. The number of hydrogen-bond donors (Lipinski definition) is 0. The molecule has 5 heteroatoms. The van der Waals surface area contributed by atoms with Gasteiger partial charge in [0.15, 0.2) is 11.6 Å². The van der Waals surface area contributed by atoms with Gasteiger partial charge >= 0.3 is 0 Å². The molecule has 0 bridgehead atoms. The van der Waals surface area contributed by atoms with Gasteiger partial charge in [-0.25, -0.2) is 15.0 Å². The van der Waals surface area contributed by atoms with Crippen LogP contribution < -0.4 is 0 Å². The minimum absolute atomic E-state index is 0.582. The van der Waals surface area contributed by atoms with Crippen LogP contribution in [0, 0.1) is 0 Å². The van der Waals surface area contributed by atoms with Crippen LogP contribution in [0.1, 0.15) is 12.7 Å². The summed E-state index contributed by atoms with van der Waals surface area (Å²) in [5, 5.41) is 0. The molecule has 0 N–H and O–H groups in total. The molecule has 3 aromatic rings. The van der Waals surface area contributed by atoms with E-state index in [0.717, 1.165) is 23.6 Å². The van der Waals surface area contributed by atoms with Crippen molar-refractivity contribution in [1.29, 1.82) is 0 Å². The molecule has 0 spiro atoms. The van der Waals surface area contributed by atoms with Gasteiger partial charge < -0.3 is 0 Å². The molecule has 0 unspecified atom stereocenters. The van der Waals surface area contributed by atoms with E-state index in [9.17, 15) is 0 Å². The third kappa shape index (κ3) is 2.51. The fraction of sp³-hybridized carbons (Fsp3) is 0.133. The summed E-state index contributed by atoms with van der Waals surface area (Å²) < 4.78 is 0. The number of pyridine rings is 2. The number of hydrogen-bond acceptors (Lipinski definition) is 5. The van der Waals surface area contributed by atoms with Crippen molar-refractivity contribution in [3.63, 3.8) is 0 Å². The van der Waals surface area contributed by atoms with Crippen molar-refractivity contribution in [2.45, 2.75) is 13.3 Å². The van der Waals surface area contributed by atoms with E-state index in [-0.39, 0.29) is 0 Å². The van der Waals surface area contributed by atoms with Crippen molar-refractivity contribution in [2.75, 3.05) is 0 Å². The highest BCUT2D eigenvalue weighted by Gasteiger charge is 2.10. The molecule has 0 atom stereocenters. The van der Waals surface area contributed by atoms with Crippen molar-refractivity contribution >= 4 is 0 Å². The second kappa shape index (κ2) is 5.52. The smallest absolute Gasteiger partial charge is 0.182 e. The van der Waals surface area contributed by atoms with Gasteiger partial charge in [-0.05, 0) is 24.3 Å². The summed E-state index contributed by atoms with van der Waals surface area (Å²) in [6.45, 7) is 2.01. The predicted molar refractivity (Wildman–Crippen MR) is 75.7 cm³/mol. The lowest BCUT2D eigenvalue weighted by molar-refractivity contribution is 0.902. The zero-order valence-electron chi connectivity index (χ0n) is 11.1. The molecular formula is C15H13N5. The predicted octanol–water partition coefficient (Wildman–Crippen LogP) is 2.56. The Morgan fingerprint density at radius 1 is 0.750 bits per heavy atom. The molecule has 0 aliphatic rings. The van der Waals surface area contributed by atoms with Gasteiger partial charge in [-0.3, -0.25) is 9.97 Å². The Bertz CT molecular complexity index is 640. The lowest BCUT2D eigenvalue weighted by Crippen LogP contribution is -2.03. The van der Waals surface area contributed by atoms with Crippen molar-refractivity contribution < 1.29 is 0 Å². The van der Waals surface area contributed by atoms with E-state index < -0.39 is 0 Å². The number of aromatic nitrogens is 5. The average molecular weight is 263 g/mol. The number of nitrogens with zero attached hydrogens (tertiary/aromatic N) is 5. The molecule has 98 valence electrons. The summed E-state index contributed by atoms with van der Waals surface area (Å²) >= 11 is 0. The van der Waals surface area contributed by atoms with Crippen LogP contribution in [-0.2, 0) is 6.42 Å². The van der Waals surface area contributed by atoms with E-state index in [1.54, 1.807) is 12.4 Å². The molecule has 3 aromatic heterocycles. The number of rotatable bonds is 3. The van der Waals surface area contributed by atoms with Crippen LogP contribution in [0.4, 0.5) is 0 Å². The Kier molecular flexibility index (Phi) is 3.41. The summed E-state index contributed by atoms with van der Waals surface area (Å²) in [6, 6.07) is 11.3. The molecule has 20 heavy (non-hydrogen) atoms. The van der Waals surface area contributed by atoms with Gasteiger partial charge in [-0.15, -0.1) is 0 Å². The third-order valence-corrected chi connectivity index (χ3v) is 2.79. The van der Waals surface area contributed by atoms with Crippen LogP contribution in [0.2, 0.25) is 0 Å². The van der Waals surface area contributed by atoms with E-state index in [1.807, 2.05) is 43.3 Å². The quantitative estimate of drug-likeness (QED) is 0.726. The summed E-state index contributed by atoms with van der Waals surface area (Å²) in [4.78, 5) is 21.9. The van der Waals surface area contributed by atoms with Gasteiger partial charge in [-0.2, -0.15) is 0 Å². The maximum atomic E-state index is 4.47. The van der Waals surface area contributed by atoms with E-state index in [1.165, 1.54) is 0 Å². The van der Waals surface area contributed by atoms with Crippen LogP contribution in [0.15, 0.2) is 48.8 Å². The molecule has 0 saturated carbocycles. The van der Waals surface area contributed by atoms with Gasteiger partial charge in [0.2, 0.25) is 0 Å². The molecule has 0 amide bonds. The molecule has 0 saturated heterocycles. The summed E-state index contributed by atoms with van der Waals surface area (Å²) in [5.74, 6) is 1.90. The van der Waals surface area contributed by atoms with Crippen molar-refractivity contribution in [3.05, 3.63) is 54.6 Å². The first kappa shape index (κ1) is 12.3. The van der Waals surface area contributed by atoms with Gasteiger partial charge in [0.1, 0.15) is 17.2 Å². The van der Waals surface area contributed by atoms with Crippen LogP contribution in [0.25, 0.3) is 23.0 Å². The van der Waals surface area contributed by atoms with Crippen LogP contribution in [0.3, 0.4) is 0 Å². The molecule has 0 aromatic carbocycles. The lowest BCUT2D eigenvalue weighted by Gasteiger charge is -2.05. The monoisotopic (exact) mass is 263 g/mol. The summed E-state index contributed by atoms with van der Waals surface area (Å²) in [5.41, 5.74) is 1.48. The van der Waals surface area contributed by atoms with Gasteiger partial charge in [0, 0.05) is 18.8 Å². The Labute approximate surface area is 116 Å². The van der Waals surface area contributed by atoms with E-state index in [0.29, 0.717) is 11.6 Å². The lowest BCUT2D eigenvalue weighted by atomic mass is 10.3. The van der Waals surface area contributed by atoms with Gasteiger partial charge in [-0.1, -0.05) is 19.1 Å². The molecule has 5 nitrogen and oxygen atoms in total. The Hall–Kier alpha value is -2.69. The number of aryl methyl sites for hydroxylation is 1. The van der Waals surface area contributed by atoms with Gasteiger partial charge in [0.25, 0.3) is 0 Å². The summed E-state index contributed by atoms with van der Waals surface area (Å²) in [7, 11) is 0. The molecule has 0 aliphatic carbocycles. The van der Waals surface area contributed by atoms with Crippen molar-refractivity contribution in [2.24, 2.45) is 0 Å². The standard InChI is InChI=1S/C15H13N5/c1-2-13-18-14(11-7-3-5-9-16-11)20-15(19-13)12-8-4-6-10-17-12/h3-10H,2H2,1H3. The molecule has 0 fully saturated rings. The Balaban J connectivity index is 2.13. The van der Waals surface area contributed by atoms with Crippen LogP contribution in [0.5, 0.6) is 0 Å². The van der Waals surface area contributed by atoms with Gasteiger partial charge in [0.05, 0.1) is 0 Å². The second-order valence-electron chi connectivity index (χ2n) is 4.18. The average Bonchev–Trinajstić information content (AvgIpc) is 2.56. The Morgan fingerprint density at radius 3 is 1.70 bits per heavy atom. The van der Waals surface area contributed by atoms with Crippen molar-refractivity contribution in [1.82, 2.24) is 24.9 Å². The zero-order valence-corrected chi connectivity index (χ0v) is 11.1. The third-order valence-electron chi connectivity index (χ3n) is 2.79. The highest BCUT2D eigenvalue weighted by Crippen LogP contribution is 2.16. The first-order chi connectivity index (χ1) is 9.86.